The summed E-state index contributed by atoms with van der Waals surface area (Å²) in [6.45, 7) is 8.66. The topological polar surface area (TPSA) is 21.4 Å². The van der Waals surface area contributed by atoms with E-state index in [1.54, 1.807) is 12.1 Å². The summed E-state index contributed by atoms with van der Waals surface area (Å²) in [6, 6.07) is 7.28. The van der Waals surface area contributed by atoms with Gasteiger partial charge in [0.1, 0.15) is 6.29 Å². The third-order valence-electron chi connectivity index (χ3n) is 1.89. The minimum Gasteiger partial charge on any atom is -0.299 e. The molecule has 0 saturated carbocycles. The molecule has 74 valence electrons. The molecule has 0 saturated heterocycles. The summed E-state index contributed by atoms with van der Waals surface area (Å²) in [6.07, 6.45) is 6.04. The normalized spacial score (nSPS) is 11.3. The molecule has 0 N–H and O–H groups in total. The lowest BCUT2D eigenvalue weighted by Crippen LogP contribution is -1.72. The Labute approximate surface area is 89.4 Å². The molecule has 1 aromatic carbocycles. The summed E-state index contributed by atoms with van der Waals surface area (Å²) in [5.41, 5.74) is 2.55. The van der Waals surface area contributed by atoms with Crippen molar-refractivity contribution in [1.29, 1.82) is 0 Å². The van der Waals surface area contributed by atoms with Crippen molar-refractivity contribution >= 4 is 18.0 Å². The molecule has 0 radical (unpaired) electrons. The lowest BCUT2D eigenvalue weighted by atomic mass is 10.1. The standard InChI is InChI=1S/C13H11NO/c1-11(9-10-15)3-4-12-5-7-13(14-2)8-6-12/h3-10H,1H3/b4-3+,11-9-. The molecular weight excluding hydrogens is 186 g/mol. The third kappa shape index (κ3) is 3.61. The summed E-state index contributed by atoms with van der Waals surface area (Å²) >= 11 is 0. The molecular formula is C13H11NO. The van der Waals surface area contributed by atoms with Gasteiger partial charge in [-0.15, -0.1) is 0 Å². The van der Waals surface area contributed by atoms with Crippen molar-refractivity contribution in [2.75, 3.05) is 0 Å². The maximum atomic E-state index is 10.2. The van der Waals surface area contributed by atoms with Gasteiger partial charge in [-0.05, 0) is 24.1 Å². The minimum absolute atomic E-state index is 0.632. The van der Waals surface area contributed by atoms with Crippen LogP contribution in [0.4, 0.5) is 5.69 Å². The molecule has 2 nitrogen and oxygen atoms in total. The highest BCUT2D eigenvalue weighted by Gasteiger charge is 1.89. The predicted octanol–water partition coefficient (Wildman–Crippen LogP) is 3.40. The summed E-state index contributed by atoms with van der Waals surface area (Å²) in [7, 11) is 0. The van der Waals surface area contributed by atoms with E-state index >= 15 is 0 Å². The van der Waals surface area contributed by atoms with E-state index in [4.69, 9.17) is 6.57 Å². The van der Waals surface area contributed by atoms with E-state index in [1.165, 1.54) is 6.08 Å². The smallest absolute Gasteiger partial charge is 0.187 e. The Hall–Kier alpha value is -2.14. The highest BCUT2D eigenvalue weighted by atomic mass is 16.1. The number of rotatable bonds is 3. The Bertz CT molecular complexity index is 433. The van der Waals surface area contributed by atoms with Gasteiger partial charge < -0.3 is 0 Å². The number of carbonyl (C=O) groups is 1. The molecule has 0 aliphatic carbocycles. The number of hydrogen-bond donors (Lipinski definition) is 0. The first-order valence-electron chi connectivity index (χ1n) is 4.54. The zero-order valence-electron chi connectivity index (χ0n) is 8.47. The van der Waals surface area contributed by atoms with E-state index in [9.17, 15) is 4.79 Å². The fourth-order valence-corrected chi connectivity index (χ4v) is 1.05. The van der Waals surface area contributed by atoms with Crippen molar-refractivity contribution in [2.45, 2.75) is 6.92 Å². The molecule has 0 bridgehead atoms. The summed E-state index contributed by atoms with van der Waals surface area (Å²) in [5, 5.41) is 0. The number of nitrogens with zero attached hydrogens (tertiary/aromatic N) is 1. The van der Waals surface area contributed by atoms with Gasteiger partial charge >= 0.3 is 0 Å². The van der Waals surface area contributed by atoms with Gasteiger partial charge in [0.15, 0.2) is 5.69 Å². The van der Waals surface area contributed by atoms with E-state index in [0.717, 1.165) is 17.4 Å². The number of carbonyl (C=O) groups excluding carboxylic acids is 1. The Kier molecular flexibility index (Phi) is 4.05. The first-order valence-corrected chi connectivity index (χ1v) is 4.54. The lowest BCUT2D eigenvalue weighted by molar-refractivity contribution is -0.104. The van der Waals surface area contributed by atoms with Crippen molar-refractivity contribution in [3.8, 4) is 0 Å². The molecule has 0 aliphatic heterocycles. The largest absolute Gasteiger partial charge is 0.299 e. The third-order valence-corrected chi connectivity index (χ3v) is 1.89. The predicted molar refractivity (Wildman–Crippen MR) is 61.6 cm³/mol. The molecule has 15 heavy (non-hydrogen) atoms. The first kappa shape index (κ1) is 10.9. The highest BCUT2D eigenvalue weighted by molar-refractivity contribution is 5.68. The Morgan fingerprint density at radius 1 is 1.33 bits per heavy atom. The number of hydrogen-bond acceptors (Lipinski definition) is 1. The molecule has 0 spiro atoms. The van der Waals surface area contributed by atoms with Crippen LogP contribution in [0.2, 0.25) is 0 Å². The number of benzene rings is 1. The van der Waals surface area contributed by atoms with Gasteiger partial charge in [0.05, 0.1) is 6.57 Å². The number of allylic oxidation sites excluding steroid dienone is 3. The van der Waals surface area contributed by atoms with Gasteiger partial charge in [0, 0.05) is 0 Å². The van der Waals surface area contributed by atoms with Gasteiger partial charge in [-0.25, -0.2) is 4.85 Å². The second kappa shape index (κ2) is 5.56. The molecule has 0 atom stereocenters. The Morgan fingerprint density at radius 2 is 2.00 bits per heavy atom. The van der Waals surface area contributed by atoms with Crippen molar-refractivity contribution in [1.82, 2.24) is 0 Å². The summed E-state index contributed by atoms with van der Waals surface area (Å²) in [4.78, 5) is 13.5. The van der Waals surface area contributed by atoms with Crippen LogP contribution in [0.5, 0.6) is 0 Å². The van der Waals surface area contributed by atoms with Crippen LogP contribution in [0.15, 0.2) is 42.0 Å². The van der Waals surface area contributed by atoms with Gasteiger partial charge in [-0.1, -0.05) is 36.4 Å². The molecule has 0 heterocycles. The van der Waals surface area contributed by atoms with Gasteiger partial charge in [0.2, 0.25) is 0 Å². The Balaban J connectivity index is 2.78. The average Bonchev–Trinajstić information content (AvgIpc) is 2.27. The fraction of sp³-hybridized carbons (Fsp3) is 0.0769. The maximum absolute atomic E-state index is 10.2. The zero-order chi connectivity index (χ0) is 11.1. The summed E-state index contributed by atoms with van der Waals surface area (Å²) in [5.74, 6) is 0. The van der Waals surface area contributed by atoms with Crippen molar-refractivity contribution in [3.63, 3.8) is 0 Å². The van der Waals surface area contributed by atoms with Crippen molar-refractivity contribution < 1.29 is 4.79 Å². The van der Waals surface area contributed by atoms with Crippen LogP contribution in [0.25, 0.3) is 10.9 Å². The van der Waals surface area contributed by atoms with Gasteiger partial charge in [0.25, 0.3) is 0 Å². The average molecular weight is 197 g/mol. The second-order valence-corrected chi connectivity index (χ2v) is 3.08. The van der Waals surface area contributed by atoms with Crippen molar-refractivity contribution in [3.05, 3.63) is 59.0 Å². The van der Waals surface area contributed by atoms with E-state index in [1.807, 2.05) is 31.2 Å². The molecule has 0 aromatic heterocycles. The zero-order valence-corrected chi connectivity index (χ0v) is 8.47. The molecule has 0 unspecified atom stereocenters. The second-order valence-electron chi connectivity index (χ2n) is 3.08. The SMILES string of the molecule is [C-]#[N+]c1ccc(/C=C/C(C)=C\C=O)cc1. The van der Waals surface area contributed by atoms with Gasteiger partial charge in [-0.2, -0.15) is 0 Å². The lowest BCUT2D eigenvalue weighted by Gasteiger charge is -1.93. The highest BCUT2D eigenvalue weighted by Crippen LogP contribution is 2.13. The molecule has 0 amide bonds. The number of aldehydes is 1. The maximum Gasteiger partial charge on any atom is 0.187 e. The van der Waals surface area contributed by atoms with Crippen LogP contribution in [-0.2, 0) is 4.79 Å². The molecule has 1 aromatic rings. The summed E-state index contributed by atoms with van der Waals surface area (Å²) < 4.78 is 0. The minimum atomic E-state index is 0.632. The molecule has 2 heteroatoms. The van der Waals surface area contributed by atoms with E-state index in [2.05, 4.69) is 4.85 Å². The molecule has 0 fully saturated rings. The molecule has 0 aliphatic rings. The van der Waals surface area contributed by atoms with Crippen LogP contribution in [0, 0.1) is 6.57 Å². The van der Waals surface area contributed by atoms with Gasteiger partial charge in [-0.3, -0.25) is 4.79 Å². The first-order chi connectivity index (χ1) is 7.26. The van der Waals surface area contributed by atoms with Crippen LogP contribution in [0.1, 0.15) is 12.5 Å². The van der Waals surface area contributed by atoms with Crippen LogP contribution in [-0.4, -0.2) is 6.29 Å². The van der Waals surface area contributed by atoms with E-state index in [0.29, 0.717) is 5.69 Å². The molecule has 1 rings (SSSR count). The van der Waals surface area contributed by atoms with E-state index in [-0.39, 0.29) is 0 Å². The quantitative estimate of drug-likeness (QED) is 0.315. The van der Waals surface area contributed by atoms with Crippen molar-refractivity contribution in [2.24, 2.45) is 0 Å². The van der Waals surface area contributed by atoms with Crippen LogP contribution < -0.4 is 0 Å². The van der Waals surface area contributed by atoms with Crippen LogP contribution >= 0.6 is 0 Å². The Morgan fingerprint density at radius 3 is 2.53 bits per heavy atom. The fourth-order valence-electron chi connectivity index (χ4n) is 1.05. The van der Waals surface area contributed by atoms with E-state index < -0.39 is 0 Å². The van der Waals surface area contributed by atoms with Crippen LogP contribution in [0.3, 0.4) is 0 Å². The monoisotopic (exact) mass is 197 g/mol.